The number of benzene rings is 3. The minimum atomic E-state index is -0.998. The Morgan fingerprint density at radius 1 is 0.727 bits per heavy atom. The largest absolute Gasteiger partial charge is 0.494 e. The molecule has 8 nitrogen and oxygen atoms in total. The van der Waals surface area contributed by atoms with Crippen LogP contribution >= 0.6 is 0 Å². The average molecular weight is 603 g/mol. The summed E-state index contributed by atoms with van der Waals surface area (Å²) in [5, 5.41) is 9.42. The van der Waals surface area contributed by atoms with Crippen LogP contribution in [0.4, 0.5) is 11.4 Å². The van der Waals surface area contributed by atoms with E-state index in [1.165, 1.54) is 31.4 Å². The Balaban J connectivity index is 1.26. The monoisotopic (exact) mass is 602 g/mol. The first-order valence-corrected chi connectivity index (χ1v) is 15.6. The molecule has 0 saturated heterocycles. The fourth-order valence-corrected chi connectivity index (χ4v) is 4.80. The van der Waals surface area contributed by atoms with Crippen molar-refractivity contribution in [2.24, 2.45) is 0 Å². The average Bonchev–Trinajstić information content (AvgIpc) is 3.01. The van der Waals surface area contributed by atoms with E-state index >= 15 is 0 Å². The third kappa shape index (κ3) is 12.4. The number of hydrogen-bond donors (Lipinski definition) is 3. The molecule has 0 spiro atoms. The molecule has 0 bridgehead atoms. The number of carbonyl (C=O) groups excluding carboxylic acids is 1. The number of esters is 1. The quantitative estimate of drug-likeness (QED) is 0.0388. The molecule has 0 radical (unpaired) electrons. The SMILES string of the molecule is CCCCCCOc1ccc(OC(=O)/C=C/c2ccc(OCCCCCCCCc3c(N)cc(N)cc3C(=O)O)cc2)cc1. The fourth-order valence-electron chi connectivity index (χ4n) is 4.80. The molecule has 0 amide bonds. The van der Waals surface area contributed by atoms with Gasteiger partial charge in [0, 0.05) is 17.5 Å². The summed E-state index contributed by atoms with van der Waals surface area (Å²) < 4.78 is 17.0. The summed E-state index contributed by atoms with van der Waals surface area (Å²) in [4.78, 5) is 23.7. The van der Waals surface area contributed by atoms with Crippen LogP contribution in [0.5, 0.6) is 17.2 Å². The minimum Gasteiger partial charge on any atom is -0.494 e. The number of unbranched alkanes of at least 4 members (excludes halogenated alkanes) is 8. The molecule has 3 aromatic carbocycles. The number of anilines is 2. The van der Waals surface area contributed by atoms with Gasteiger partial charge in [0.1, 0.15) is 17.2 Å². The van der Waals surface area contributed by atoms with Crippen LogP contribution in [0.2, 0.25) is 0 Å². The topological polar surface area (TPSA) is 134 Å². The van der Waals surface area contributed by atoms with E-state index in [1.54, 1.807) is 24.3 Å². The van der Waals surface area contributed by atoms with Gasteiger partial charge in [-0.1, -0.05) is 64.0 Å². The van der Waals surface area contributed by atoms with Gasteiger partial charge in [-0.05, 0) is 91.4 Å². The molecule has 0 aliphatic carbocycles. The van der Waals surface area contributed by atoms with E-state index in [1.807, 2.05) is 36.4 Å². The zero-order valence-electron chi connectivity index (χ0n) is 25.8. The zero-order valence-corrected chi connectivity index (χ0v) is 25.8. The van der Waals surface area contributed by atoms with Crippen LogP contribution in [0.1, 0.15) is 92.6 Å². The van der Waals surface area contributed by atoms with Crippen LogP contribution in [0.3, 0.4) is 0 Å². The van der Waals surface area contributed by atoms with E-state index in [0.717, 1.165) is 62.0 Å². The molecule has 0 aliphatic heterocycles. The maximum atomic E-state index is 12.2. The summed E-state index contributed by atoms with van der Waals surface area (Å²) in [6.07, 6.45) is 14.4. The van der Waals surface area contributed by atoms with Crippen molar-refractivity contribution in [3.63, 3.8) is 0 Å². The molecule has 0 saturated carbocycles. The summed E-state index contributed by atoms with van der Waals surface area (Å²) >= 11 is 0. The van der Waals surface area contributed by atoms with Crippen LogP contribution in [0, 0.1) is 0 Å². The van der Waals surface area contributed by atoms with Gasteiger partial charge in [0.15, 0.2) is 0 Å². The lowest BCUT2D eigenvalue weighted by atomic mass is 9.98. The van der Waals surface area contributed by atoms with Gasteiger partial charge < -0.3 is 30.8 Å². The molecule has 236 valence electrons. The second-order valence-electron chi connectivity index (χ2n) is 10.9. The van der Waals surface area contributed by atoms with Crippen molar-refractivity contribution < 1.29 is 28.9 Å². The molecule has 0 fully saturated rings. The zero-order chi connectivity index (χ0) is 31.6. The van der Waals surface area contributed by atoms with Gasteiger partial charge in [0.2, 0.25) is 0 Å². The maximum absolute atomic E-state index is 12.2. The Hall–Kier alpha value is -4.46. The minimum absolute atomic E-state index is 0.197. The number of hydrogen-bond acceptors (Lipinski definition) is 7. The Kier molecular flexibility index (Phi) is 14.7. The third-order valence-corrected chi connectivity index (χ3v) is 7.23. The first-order chi connectivity index (χ1) is 21.4. The van der Waals surface area contributed by atoms with Crippen molar-refractivity contribution in [1.29, 1.82) is 0 Å². The van der Waals surface area contributed by atoms with Crippen molar-refractivity contribution in [2.75, 3.05) is 24.7 Å². The van der Waals surface area contributed by atoms with Crippen LogP contribution in [0.15, 0.2) is 66.7 Å². The number of nitrogen functional groups attached to an aromatic ring is 2. The molecule has 0 heterocycles. The van der Waals surface area contributed by atoms with Crippen LogP contribution < -0.4 is 25.7 Å². The molecule has 0 aromatic heterocycles. The Morgan fingerprint density at radius 3 is 1.89 bits per heavy atom. The lowest BCUT2D eigenvalue weighted by molar-refractivity contribution is -0.128. The summed E-state index contributed by atoms with van der Waals surface area (Å²) in [5.74, 6) is 0.581. The van der Waals surface area contributed by atoms with Crippen molar-refractivity contribution in [3.8, 4) is 17.2 Å². The first-order valence-electron chi connectivity index (χ1n) is 15.6. The second kappa shape index (κ2) is 18.9. The molecule has 3 rings (SSSR count). The number of aromatic carboxylic acids is 1. The van der Waals surface area contributed by atoms with Crippen LogP contribution in [-0.4, -0.2) is 30.3 Å². The smallest absolute Gasteiger partial charge is 0.336 e. The maximum Gasteiger partial charge on any atom is 0.336 e. The van der Waals surface area contributed by atoms with E-state index in [2.05, 4.69) is 6.92 Å². The van der Waals surface area contributed by atoms with Crippen LogP contribution in [0.25, 0.3) is 6.08 Å². The second-order valence-corrected chi connectivity index (χ2v) is 10.9. The highest BCUT2D eigenvalue weighted by molar-refractivity contribution is 5.92. The standard InChI is InChI=1S/C36H46N2O6/c1-2-3-4-10-23-43-30-18-20-31(21-19-30)44-35(39)22-15-27-13-16-29(17-14-27)42-24-11-8-6-5-7-9-12-32-33(36(40)41)25-28(37)26-34(32)38/h13-22,25-26H,2-12,23-24,37-38H2,1H3,(H,40,41)/b22-15+. The van der Waals surface area contributed by atoms with Gasteiger partial charge in [-0.3, -0.25) is 0 Å². The number of rotatable bonds is 20. The molecule has 0 unspecified atom stereocenters. The van der Waals surface area contributed by atoms with E-state index in [4.69, 9.17) is 25.7 Å². The summed E-state index contributed by atoms with van der Waals surface area (Å²) in [7, 11) is 0. The van der Waals surface area contributed by atoms with Gasteiger partial charge in [-0.15, -0.1) is 0 Å². The Bertz CT molecular complexity index is 1340. The van der Waals surface area contributed by atoms with Gasteiger partial charge in [0.05, 0.1) is 18.8 Å². The van der Waals surface area contributed by atoms with Crippen molar-refractivity contribution in [1.82, 2.24) is 0 Å². The van der Waals surface area contributed by atoms with E-state index in [9.17, 15) is 14.7 Å². The molecule has 8 heteroatoms. The summed E-state index contributed by atoms with van der Waals surface area (Å²) in [5.41, 5.74) is 14.3. The Morgan fingerprint density at radius 2 is 1.27 bits per heavy atom. The van der Waals surface area contributed by atoms with Gasteiger partial charge >= 0.3 is 11.9 Å². The van der Waals surface area contributed by atoms with E-state index < -0.39 is 11.9 Å². The predicted octanol–water partition coefficient (Wildman–Crippen LogP) is 8.09. The third-order valence-electron chi connectivity index (χ3n) is 7.23. The fraction of sp³-hybridized carbons (Fsp3) is 0.389. The summed E-state index contributed by atoms with van der Waals surface area (Å²) in [6.45, 7) is 3.51. The molecule has 3 aromatic rings. The number of carbonyl (C=O) groups is 2. The highest BCUT2D eigenvalue weighted by Crippen LogP contribution is 2.24. The molecular formula is C36H46N2O6. The van der Waals surface area contributed by atoms with Gasteiger partial charge in [-0.2, -0.15) is 0 Å². The predicted molar refractivity (Wildman–Crippen MR) is 176 cm³/mol. The molecule has 5 N–H and O–H groups in total. The van der Waals surface area contributed by atoms with Crippen molar-refractivity contribution >= 4 is 29.4 Å². The van der Waals surface area contributed by atoms with Crippen molar-refractivity contribution in [3.05, 3.63) is 83.4 Å². The molecule has 0 atom stereocenters. The molecule has 44 heavy (non-hydrogen) atoms. The lowest BCUT2D eigenvalue weighted by Gasteiger charge is -2.11. The number of nitrogens with two attached hydrogens (primary N) is 2. The van der Waals surface area contributed by atoms with Gasteiger partial charge in [-0.25, -0.2) is 9.59 Å². The van der Waals surface area contributed by atoms with Crippen molar-refractivity contribution in [2.45, 2.75) is 77.6 Å². The lowest BCUT2D eigenvalue weighted by Crippen LogP contribution is -2.07. The Labute approximate surface area is 261 Å². The highest BCUT2D eigenvalue weighted by atomic mass is 16.5. The highest BCUT2D eigenvalue weighted by Gasteiger charge is 2.14. The summed E-state index contributed by atoms with van der Waals surface area (Å²) in [6, 6.07) is 17.8. The van der Waals surface area contributed by atoms with E-state index in [-0.39, 0.29) is 5.56 Å². The first kappa shape index (κ1) is 34.0. The number of carboxylic acid groups (broad SMARTS) is 1. The van der Waals surface area contributed by atoms with Crippen LogP contribution in [-0.2, 0) is 11.2 Å². The normalized spacial score (nSPS) is 11.0. The van der Waals surface area contributed by atoms with Gasteiger partial charge in [0.25, 0.3) is 0 Å². The number of carboxylic acids is 1. The molecular weight excluding hydrogens is 556 g/mol. The number of ether oxygens (including phenoxy) is 3. The molecule has 0 aliphatic rings. The van der Waals surface area contributed by atoms with E-state index in [0.29, 0.717) is 42.3 Å².